The summed E-state index contributed by atoms with van der Waals surface area (Å²) in [6.45, 7) is 4.45. The van der Waals surface area contributed by atoms with Crippen LogP contribution in [0.2, 0.25) is 0 Å². The van der Waals surface area contributed by atoms with Gasteiger partial charge in [0, 0.05) is 18.7 Å². The Kier molecular flexibility index (Phi) is 9.78. The number of esters is 1. The van der Waals surface area contributed by atoms with Crippen molar-refractivity contribution < 1.29 is 19.4 Å². The molecule has 0 unspecified atom stereocenters. The van der Waals surface area contributed by atoms with E-state index in [9.17, 15) is 25.0 Å². The first kappa shape index (κ1) is 22.3. The quantitative estimate of drug-likeness (QED) is 0.224. The fourth-order valence-electron chi connectivity index (χ4n) is 2.60. The highest BCUT2D eigenvalue weighted by atomic mass is 16.6. The largest absolute Gasteiger partial charge is 0.462 e. The number of nitro benzene ring substituents is 2. The molecule has 1 N–H and O–H groups in total. The number of carbonyl (C=O) groups is 1. The smallest absolute Gasteiger partial charge is 0.338 e. The minimum absolute atomic E-state index is 0.137. The van der Waals surface area contributed by atoms with Gasteiger partial charge in [0.2, 0.25) is 0 Å². The predicted octanol–water partition coefficient (Wildman–Crippen LogP) is 4.84. The zero-order valence-electron chi connectivity index (χ0n) is 15.9. The molecule has 0 fully saturated rings. The first-order valence-electron chi connectivity index (χ1n) is 9.30. The van der Waals surface area contributed by atoms with Crippen LogP contribution in [0.4, 0.5) is 17.1 Å². The van der Waals surface area contributed by atoms with Crippen molar-refractivity contribution in [3.8, 4) is 0 Å². The van der Waals surface area contributed by atoms with Gasteiger partial charge < -0.3 is 10.1 Å². The van der Waals surface area contributed by atoms with Gasteiger partial charge >= 0.3 is 5.97 Å². The summed E-state index contributed by atoms with van der Waals surface area (Å²) in [4.78, 5) is 33.3. The molecular weight excluding hydrogens is 354 g/mol. The number of nitrogens with one attached hydrogen (secondary N) is 1. The average molecular weight is 381 g/mol. The second-order valence-corrected chi connectivity index (χ2v) is 6.23. The summed E-state index contributed by atoms with van der Waals surface area (Å²) in [7, 11) is 0. The van der Waals surface area contributed by atoms with Gasteiger partial charge in [-0.3, -0.25) is 20.2 Å². The maximum absolute atomic E-state index is 12.0. The van der Waals surface area contributed by atoms with Gasteiger partial charge in [0.1, 0.15) is 0 Å². The standard InChI is InChI=1S/C18H27N3O6/c1-3-5-6-7-8-9-10-19-17-15(20(23)24)12-14(13-16(17)21(25)26)18(22)27-11-4-2/h12-13,19H,3-11H2,1-2H3. The van der Waals surface area contributed by atoms with Gasteiger partial charge in [-0.2, -0.15) is 0 Å². The van der Waals surface area contributed by atoms with Crippen molar-refractivity contribution in [2.24, 2.45) is 0 Å². The molecule has 27 heavy (non-hydrogen) atoms. The van der Waals surface area contributed by atoms with E-state index in [1.807, 2.05) is 0 Å². The van der Waals surface area contributed by atoms with Crippen molar-refractivity contribution in [3.05, 3.63) is 37.9 Å². The number of hydrogen-bond acceptors (Lipinski definition) is 7. The molecule has 0 atom stereocenters. The van der Waals surface area contributed by atoms with E-state index in [1.165, 1.54) is 6.42 Å². The van der Waals surface area contributed by atoms with Crippen molar-refractivity contribution in [1.82, 2.24) is 0 Å². The van der Waals surface area contributed by atoms with E-state index in [2.05, 4.69) is 12.2 Å². The van der Waals surface area contributed by atoms with Crippen LogP contribution in [-0.2, 0) is 4.74 Å². The van der Waals surface area contributed by atoms with E-state index in [1.54, 1.807) is 6.92 Å². The lowest BCUT2D eigenvalue weighted by atomic mass is 10.1. The minimum atomic E-state index is -0.814. The lowest BCUT2D eigenvalue weighted by molar-refractivity contribution is -0.392. The summed E-state index contributed by atoms with van der Waals surface area (Å²) in [5, 5.41) is 25.6. The van der Waals surface area contributed by atoms with Gasteiger partial charge in [0.15, 0.2) is 5.69 Å². The molecule has 0 saturated heterocycles. The van der Waals surface area contributed by atoms with Gasteiger partial charge in [-0.05, 0) is 12.8 Å². The molecule has 9 heteroatoms. The topological polar surface area (TPSA) is 125 Å². The van der Waals surface area contributed by atoms with E-state index < -0.39 is 27.2 Å². The molecule has 0 bridgehead atoms. The first-order chi connectivity index (χ1) is 12.9. The fraction of sp³-hybridized carbons (Fsp3) is 0.611. The highest BCUT2D eigenvalue weighted by Crippen LogP contribution is 2.36. The van der Waals surface area contributed by atoms with Gasteiger partial charge in [-0.15, -0.1) is 0 Å². The van der Waals surface area contributed by atoms with Crippen LogP contribution in [0.1, 0.15) is 69.2 Å². The molecule has 0 radical (unpaired) electrons. The number of rotatable bonds is 13. The van der Waals surface area contributed by atoms with E-state index in [-0.39, 0.29) is 17.9 Å². The SMILES string of the molecule is CCCCCCCCNc1c([N+](=O)[O-])cc(C(=O)OCCC)cc1[N+](=O)[O-]. The van der Waals surface area contributed by atoms with E-state index in [4.69, 9.17) is 4.74 Å². The molecule has 0 amide bonds. The molecule has 1 aromatic carbocycles. The molecule has 0 aromatic heterocycles. The van der Waals surface area contributed by atoms with Crippen LogP contribution < -0.4 is 5.32 Å². The zero-order chi connectivity index (χ0) is 20.2. The fourth-order valence-corrected chi connectivity index (χ4v) is 2.60. The van der Waals surface area contributed by atoms with Crippen molar-refractivity contribution in [2.75, 3.05) is 18.5 Å². The Bertz CT molecular complexity index is 627. The lowest BCUT2D eigenvalue weighted by Gasteiger charge is -2.10. The monoisotopic (exact) mass is 381 g/mol. The van der Waals surface area contributed by atoms with Crippen LogP contribution in [0.5, 0.6) is 0 Å². The molecule has 0 saturated carbocycles. The number of nitrogens with zero attached hydrogens (tertiary/aromatic N) is 2. The lowest BCUT2D eigenvalue weighted by Crippen LogP contribution is -2.11. The third-order valence-electron chi connectivity index (χ3n) is 4.00. The summed E-state index contributed by atoms with van der Waals surface area (Å²) in [6, 6.07) is 2.04. The number of carbonyl (C=O) groups excluding carboxylic acids is 1. The Labute approximate surface area is 158 Å². The Morgan fingerprint density at radius 2 is 1.52 bits per heavy atom. The average Bonchev–Trinajstić information content (AvgIpc) is 2.64. The number of hydrogen-bond donors (Lipinski definition) is 1. The van der Waals surface area contributed by atoms with Crippen LogP contribution in [0.25, 0.3) is 0 Å². The van der Waals surface area contributed by atoms with Crippen LogP contribution >= 0.6 is 0 Å². The maximum Gasteiger partial charge on any atom is 0.338 e. The normalized spacial score (nSPS) is 10.4. The third kappa shape index (κ3) is 7.20. The number of anilines is 1. The van der Waals surface area contributed by atoms with Crippen molar-refractivity contribution in [3.63, 3.8) is 0 Å². The Hall–Kier alpha value is -2.71. The summed E-state index contributed by atoms with van der Waals surface area (Å²) in [5.41, 5.74) is -1.38. The zero-order valence-corrected chi connectivity index (χ0v) is 15.9. The number of unbranched alkanes of at least 4 members (excludes halogenated alkanes) is 5. The molecule has 0 heterocycles. The third-order valence-corrected chi connectivity index (χ3v) is 4.00. The second kappa shape index (κ2) is 11.8. The van der Waals surface area contributed by atoms with Crippen molar-refractivity contribution in [1.29, 1.82) is 0 Å². The molecule has 1 rings (SSSR count). The van der Waals surface area contributed by atoms with Crippen LogP contribution in [0.3, 0.4) is 0 Å². The molecule has 1 aromatic rings. The molecule has 0 aliphatic carbocycles. The molecule has 0 aliphatic heterocycles. The van der Waals surface area contributed by atoms with Crippen LogP contribution in [-0.4, -0.2) is 29.0 Å². The Morgan fingerprint density at radius 1 is 0.963 bits per heavy atom. The van der Waals surface area contributed by atoms with E-state index in [0.29, 0.717) is 13.0 Å². The summed E-state index contributed by atoms with van der Waals surface area (Å²) in [6.07, 6.45) is 6.76. The second-order valence-electron chi connectivity index (χ2n) is 6.23. The molecular formula is C18H27N3O6. The van der Waals surface area contributed by atoms with E-state index in [0.717, 1.165) is 44.2 Å². The van der Waals surface area contributed by atoms with Gasteiger partial charge in [0.05, 0.1) is 22.0 Å². The van der Waals surface area contributed by atoms with Crippen molar-refractivity contribution >= 4 is 23.0 Å². The van der Waals surface area contributed by atoms with Crippen LogP contribution in [0, 0.1) is 20.2 Å². The van der Waals surface area contributed by atoms with Crippen molar-refractivity contribution in [2.45, 2.75) is 58.8 Å². The van der Waals surface area contributed by atoms with Crippen LogP contribution in [0.15, 0.2) is 12.1 Å². The Balaban J connectivity index is 2.95. The molecule has 9 nitrogen and oxygen atoms in total. The van der Waals surface area contributed by atoms with Gasteiger partial charge in [0.25, 0.3) is 11.4 Å². The summed E-state index contributed by atoms with van der Waals surface area (Å²) >= 11 is 0. The number of nitro groups is 2. The van der Waals surface area contributed by atoms with Gasteiger partial charge in [-0.25, -0.2) is 4.79 Å². The highest BCUT2D eigenvalue weighted by Gasteiger charge is 2.28. The molecule has 150 valence electrons. The highest BCUT2D eigenvalue weighted by molar-refractivity contribution is 5.93. The predicted molar refractivity (Wildman–Crippen MR) is 102 cm³/mol. The minimum Gasteiger partial charge on any atom is -0.462 e. The molecule has 0 spiro atoms. The Morgan fingerprint density at radius 3 is 2.04 bits per heavy atom. The summed E-state index contributed by atoms with van der Waals surface area (Å²) < 4.78 is 4.93. The maximum atomic E-state index is 12.0. The number of ether oxygens (including phenoxy) is 1. The number of benzene rings is 1. The summed E-state index contributed by atoms with van der Waals surface area (Å²) in [5.74, 6) is -0.814. The molecule has 0 aliphatic rings. The van der Waals surface area contributed by atoms with E-state index >= 15 is 0 Å². The van der Waals surface area contributed by atoms with Gasteiger partial charge in [-0.1, -0.05) is 46.0 Å². The first-order valence-corrected chi connectivity index (χ1v) is 9.30.